The van der Waals surface area contributed by atoms with Crippen molar-refractivity contribution in [3.05, 3.63) is 59.7 Å². The van der Waals surface area contributed by atoms with Crippen LogP contribution in [0.1, 0.15) is 11.1 Å². The topological polar surface area (TPSA) is 95.9 Å². The van der Waals surface area contributed by atoms with Gasteiger partial charge in [0.2, 0.25) is 0 Å². The molecule has 7 heteroatoms. The summed E-state index contributed by atoms with van der Waals surface area (Å²) in [7, 11) is 1.69. The Morgan fingerprint density at radius 2 is 1.36 bits per heavy atom. The highest BCUT2D eigenvalue weighted by Gasteiger charge is 2.04. The minimum Gasteiger partial charge on any atom is -0.497 e. The largest absolute Gasteiger partial charge is 0.497 e. The fourth-order valence-electron chi connectivity index (χ4n) is 1.84. The second-order valence-electron chi connectivity index (χ2n) is 4.91. The molecule has 0 amide bonds. The van der Waals surface area contributed by atoms with Crippen LogP contribution < -0.4 is 10.1 Å². The van der Waals surface area contributed by atoms with Crippen molar-refractivity contribution in [1.82, 2.24) is 5.32 Å². The first kappa shape index (κ1) is 20.5. The third kappa shape index (κ3) is 8.23. The number of ether oxygens (including phenoxy) is 1. The van der Waals surface area contributed by atoms with Gasteiger partial charge < -0.3 is 20.3 Å². The molecular formula is C18H21NO5S. The molecule has 0 atom stereocenters. The van der Waals surface area contributed by atoms with E-state index >= 15 is 0 Å². The minimum atomic E-state index is -1.82. The summed E-state index contributed by atoms with van der Waals surface area (Å²) in [6.45, 7) is 1.76. The van der Waals surface area contributed by atoms with Gasteiger partial charge in [0.1, 0.15) is 5.75 Å². The van der Waals surface area contributed by atoms with Crippen LogP contribution in [0.2, 0.25) is 0 Å². The van der Waals surface area contributed by atoms with Crippen LogP contribution in [-0.4, -0.2) is 35.5 Å². The zero-order valence-corrected chi connectivity index (χ0v) is 14.9. The number of carbonyl (C=O) groups is 2. The van der Waals surface area contributed by atoms with Gasteiger partial charge in [-0.05, 0) is 41.6 Å². The number of hydrogen-bond acceptors (Lipinski definition) is 5. The van der Waals surface area contributed by atoms with Crippen LogP contribution in [0.15, 0.2) is 53.4 Å². The van der Waals surface area contributed by atoms with Gasteiger partial charge in [0.05, 0.1) is 7.11 Å². The average Bonchev–Trinajstić information content (AvgIpc) is 2.63. The van der Waals surface area contributed by atoms with Crippen LogP contribution in [-0.2, 0) is 22.7 Å². The lowest BCUT2D eigenvalue weighted by Gasteiger charge is -2.07. The van der Waals surface area contributed by atoms with Gasteiger partial charge >= 0.3 is 11.9 Å². The quantitative estimate of drug-likeness (QED) is 0.536. The highest BCUT2D eigenvalue weighted by atomic mass is 32.2. The number of rotatable bonds is 6. The standard InChI is InChI=1S/C16H19NOS.C2H2O4/c1-18-15-7-3-13(4-8-15)11-17-12-14-5-9-16(19-2)10-6-14;3-1(4)2(5)6/h3-10,17H,11-12H2,1-2H3;(H,3,4)(H,5,6). The lowest BCUT2D eigenvalue weighted by atomic mass is 10.2. The fraction of sp³-hybridized carbons (Fsp3) is 0.222. The van der Waals surface area contributed by atoms with E-state index in [1.807, 2.05) is 12.1 Å². The maximum atomic E-state index is 9.10. The first-order chi connectivity index (χ1) is 12.0. The second kappa shape index (κ2) is 11.1. The number of carboxylic acids is 2. The van der Waals surface area contributed by atoms with Gasteiger partial charge in [-0.3, -0.25) is 0 Å². The molecule has 0 heterocycles. The Bertz CT molecular complexity index is 611. The molecule has 0 saturated heterocycles. The first-order valence-corrected chi connectivity index (χ1v) is 8.61. The first-order valence-electron chi connectivity index (χ1n) is 7.39. The second-order valence-corrected chi connectivity index (χ2v) is 5.79. The van der Waals surface area contributed by atoms with Crippen LogP contribution in [0.3, 0.4) is 0 Å². The Balaban J connectivity index is 0.000000450. The molecule has 0 aliphatic carbocycles. The molecule has 0 unspecified atom stereocenters. The molecule has 0 spiro atoms. The molecule has 3 N–H and O–H groups in total. The van der Waals surface area contributed by atoms with Crippen molar-refractivity contribution < 1.29 is 24.5 Å². The molecule has 0 fully saturated rings. The predicted molar refractivity (Wildman–Crippen MR) is 97.0 cm³/mol. The smallest absolute Gasteiger partial charge is 0.414 e. The Kier molecular flexibility index (Phi) is 9.13. The molecule has 2 aromatic rings. The van der Waals surface area contributed by atoms with Gasteiger partial charge in [0, 0.05) is 18.0 Å². The van der Waals surface area contributed by atoms with Crippen LogP contribution in [0.5, 0.6) is 5.75 Å². The van der Waals surface area contributed by atoms with E-state index in [2.05, 4.69) is 48.0 Å². The molecule has 0 radical (unpaired) electrons. The van der Waals surface area contributed by atoms with Crippen molar-refractivity contribution in [2.24, 2.45) is 0 Å². The summed E-state index contributed by atoms with van der Waals surface area (Å²) < 4.78 is 5.14. The summed E-state index contributed by atoms with van der Waals surface area (Å²) in [5.41, 5.74) is 2.58. The van der Waals surface area contributed by atoms with Crippen molar-refractivity contribution in [1.29, 1.82) is 0 Å². The minimum absolute atomic E-state index is 0.869. The van der Waals surface area contributed by atoms with E-state index in [0.717, 1.165) is 18.8 Å². The van der Waals surface area contributed by atoms with Gasteiger partial charge in [-0.25, -0.2) is 9.59 Å². The summed E-state index contributed by atoms with van der Waals surface area (Å²) in [6.07, 6.45) is 2.09. The van der Waals surface area contributed by atoms with Crippen molar-refractivity contribution in [3.8, 4) is 5.75 Å². The molecule has 0 aliphatic rings. The number of hydrogen-bond donors (Lipinski definition) is 3. The Morgan fingerprint density at radius 1 is 0.920 bits per heavy atom. The molecule has 0 aliphatic heterocycles. The number of nitrogens with one attached hydrogen (secondary N) is 1. The Morgan fingerprint density at radius 3 is 1.72 bits per heavy atom. The van der Waals surface area contributed by atoms with Gasteiger partial charge in [0.15, 0.2) is 0 Å². The van der Waals surface area contributed by atoms with Gasteiger partial charge in [-0.15, -0.1) is 11.8 Å². The molecule has 25 heavy (non-hydrogen) atoms. The predicted octanol–water partition coefficient (Wildman–Crippen LogP) is 2.86. The van der Waals surface area contributed by atoms with Gasteiger partial charge in [-0.2, -0.15) is 0 Å². The van der Waals surface area contributed by atoms with Crippen LogP contribution in [0, 0.1) is 0 Å². The zero-order valence-electron chi connectivity index (χ0n) is 14.1. The Hall–Kier alpha value is -2.51. The van der Waals surface area contributed by atoms with E-state index in [0.29, 0.717) is 0 Å². The van der Waals surface area contributed by atoms with E-state index in [9.17, 15) is 0 Å². The fourth-order valence-corrected chi connectivity index (χ4v) is 2.25. The van der Waals surface area contributed by atoms with Crippen molar-refractivity contribution in [2.45, 2.75) is 18.0 Å². The van der Waals surface area contributed by atoms with Crippen molar-refractivity contribution >= 4 is 23.7 Å². The van der Waals surface area contributed by atoms with Gasteiger partial charge in [-0.1, -0.05) is 24.3 Å². The summed E-state index contributed by atoms with van der Waals surface area (Å²) in [5.74, 6) is -2.75. The van der Waals surface area contributed by atoms with Crippen molar-refractivity contribution in [3.63, 3.8) is 0 Å². The van der Waals surface area contributed by atoms with Crippen LogP contribution in [0.25, 0.3) is 0 Å². The molecule has 0 saturated carbocycles. The summed E-state index contributed by atoms with van der Waals surface area (Å²) in [5, 5.41) is 18.2. The van der Waals surface area contributed by atoms with Gasteiger partial charge in [0.25, 0.3) is 0 Å². The number of aliphatic carboxylic acids is 2. The number of carboxylic acid groups (broad SMARTS) is 2. The lowest BCUT2D eigenvalue weighted by molar-refractivity contribution is -0.159. The van der Waals surface area contributed by atoms with Crippen LogP contribution in [0.4, 0.5) is 0 Å². The molecule has 0 bridgehead atoms. The molecule has 6 nitrogen and oxygen atoms in total. The SMILES string of the molecule is COc1ccc(CNCc2ccc(SC)cc2)cc1.O=C(O)C(=O)O. The summed E-state index contributed by atoms with van der Waals surface area (Å²) in [6, 6.07) is 16.8. The third-order valence-corrected chi connectivity index (χ3v) is 3.90. The van der Waals surface area contributed by atoms with E-state index in [-0.39, 0.29) is 0 Å². The number of methoxy groups -OCH3 is 1. The average molecular weight is 363 g/mol. The monoisotopic (exact) mass is 363 g/mol. The maximum absolute atomic E-state index is 9.10. The van der Waals surface area contributed by atoms with E-state index in [1.54, 1.807) is 18.9 Å². The molecule has 2 rings (SSSR count). The summed E-state index contributed by atoms with van der Waals surface area (Å²) in [4.78, 5) is 19.5. The number of thioether (sulfide) groups is 1. The van der Waals surface area contributed by atoms with E-state index in [4.69, 9.17) is 24.5 Å². The maximum Gasteiger partial charge on any atom is 0.414 e. The normalized spacial score (nSPS) is 9.68. The van der Waals surface area contributed by atoms with Crippen LogP contribution >= 0.6 is 11.8 Å². The third-order valence-electron chi connectivity index (χ3n) is 3.16. The summed E-state index contributed by atoms with van der Waals surface area (Å²) >= 11 is 1.77. The Labute approximate surface area is 150 Å². The molecule has 0 aromatic heterocycles. The van der Waals surface area contributed by atoms with E-state index in [1.165, 1.54) is 16.0 Å². The highest BCUT2D eigenvalue weighted by molar-refractivity contribution is 7.98. The molecule has 2 aromatic carbocycles. The van der Waals surface area contributed by atoms with Crippen molar-refractivity contribution in [2.75, 3.05) is 13.4 Å². The number of benzene rings is 2. The zero-order chi connectivity index (χ0) is 18.7. The molecular weight excluding hydrogens is 342 g/mol. The highest BCUT2D eigenvalue weighted by Crippen LogP contribution is 2.15. The molecule has 134 valence electrons. The van der Waals surface area contributed by atoms with E-state index < -0.39 is 11.9 Å². The lowest BCUT2D eigenvalue weighted by Crippen LogP contribution is -2.12.